The standard InChI is InChI=1S/C14H19NO3S/c1-3-11-9(2)7-12(19-11)13(16)15-6-4-5-10(8-15)14(17)18/h7,10H,3-6,8H2,1-2H3,(H,17,18)/t10-/m0/s1. The lowest BCUT2D eigenvalue weighted by atomic mass is 9.98. The van der Waals surface area contributed by atoms with Crippen LogP contribution >= 0.6 is 11.3 Å². The van der Waals surface area contributed by atoms with Gasteiger partial charge in [0.05, 0.1) is 10.8 Å². The molecule has 1 saturated heterocycles. The lowest BCUT2D eigenvalue weighted by molar-refractivity contribution is -0.143. The number of thiophene rings is 1. The van der Waals surface area contributed by atoms with Crippen LogP contribution in [0.1, 0.15) is 39.9 Å². The van der Waals surface area contributed by atoms with Crippen LogP contribution in [-0.2, 0) is 11.2 Å². The third-order valence-corrected chi connectivity index (χ3v) is 4.98. The molecule has 1 amide bonds. The number of aryl methyl sites for hydroxylation is 2. The Balaban J connectivity index is 2.12. The molecule has 5 heteroatoms. The zero-order valence-corrected chi connectivity index (χ0v) is 12.1. The first-order valence-corrected chi connectivity index (χ1v) is 7.46. The van der Waals surface area contributed by atoms with E-state index < -0.39 is 11.9 Å². The molecule has 0 unspecified atom stereocenters. The molecule has 1 aliphatic heterocycles. The Labute approximate surface area is 117 Å². The summed E-state index contributed by atoms with van der Waals surface area (Å²) in [5.74, 6) is -1.22. The molecule has 0 bridgehead atoms. The molecule has 0 radical (unpaired) electrons. The van der Waals surface area contributed by atoms with Gasteiger partial charge in [-0.25, -0.2) is 0 Å². The van der Waals surface area contributed by atoms with Crippen LogP contribution in [0.4, 0.5) is 0 Å². The van der Waals surface area contributed by atoms with Crippen molar-refractivity contribution in [3.8, 4) is 0 Å². The van der Waals surface area contributed by atoms with Crippen molar-refractivity contribution in [3.05, 3.63) is 21.4 Å². The second-order valence-corrected chi connectivity index (χ2v) is 6.14. The van der Waals surface area contributed by atoms with E-state index in [0.717, 1.165) is 23.3 Å². The van der Waals surface area contributed by atoms with Crippen molar-refractivity contribution in [2.45, 2.75) is 33.1 Å². The van der Waals surface area contributed by atoms with Crippen molar-refractivity contribution >= 4 is 23.2 Å². The molecule has 1 N–H and O–H groups in total. The smallest absolute Gasteiger partial charge is 0.308 e. The normalized spacial score (nSPS) is 19.5. The third-order valence-electron chi connectivity index (χ3n) is 3.61. The molecular weight excluding hydrogens is 262 g/mol. The maximum Gasteiger partial charge on any atom is 0.308 e. The van der Waals surface area contributed by atoms with Crippen LogP contribution in [0.5, 0.6) is 0 Å². The molecule has 0 aliphatic carbocycles. The number of carbonyl (C=O) groups excluding carboxylic acids is 1. The third kappa shape index (κ3) is 2.97. The maximum atomic E-state index is 12.4. The van der Waals surface area contributed by atoms with Gasteiger partial charge in [-0.1, -0.05) is 6.92 Å². The van der Waals surface area contributed by atoms with Crippen LogP contribution in [-0.4, -0.2) is 35.0 Å². The number of rotatable bonds is 3. The first-order valence-electron chi connectivity index (χ1n) is 6.64. The molecule has 1 aliphatic rings. The molecule has 1 aromatic rings. The minimum absolute atomic E-state index is 0.0150. The van der Waals surface area contributed by atoms with Crippen LogP contribution in [0.15, 0.2) is 6.07 Å². The van der Waals surface area contributed by atoms with Gasteiger partial charge in [0, 0.05) is 18.0 Å². The van der Waals surface area contributed by atoms with Crippen molar-refractivity contribution in [1.29, 1.82) is 0 Å². The summed E-state index contributed by atoms with van der Waals surface area (Å²) in [7, 11) is 0. The summed E-state index contributed by atoms with van der Waals surface area (Å²) < 4.78 is 0. The van der Waals surface area contributed by atoms with Gasteiger partial charge in [-0.05, 0) is 37.8 Å². The molecule has 1 atom stereocenters. The lowest BCUT2D eigenvalue weighted by Crippen LogP contribution is -2.42. The number of aliphatic carboxylic acids is 1. The Morgan fingerprint density at radius 2 is 2.26 bits per heavy atom. The predicted octanol–water partition coefficient (Wildman–Crippen LogP) is 2.56. The highest BCUT2D eigenvalue weighted by molar-refractivity contribution is 7.14. The van der Waals surface area contributed by atoms with Crippen LogP contribution in [0.3, 0.4) is 0 Å². The van der Waals surface area contributed by atoms with Crippen LogP contribution in [0.2, 0.25) is 0 Å². The van der Waals surface area contributed by atoms with E-state index in [0.29, 0.717) is 19.5 Å². The number of carbonyl (C=O) groups is 2. The molecule has 1 fully saturated rings. The van der Waals surface area contributed by atoms with Crippen molar-refractivity contribution in [2.24, 2.45) is 5.92 Å². The quantitative estimate of drug-likeness (QED) is 0.926. The number of piperidine rings is 1. The van der Waals surface area contributed by atoms with E-state index in [4.69, 9.17) is 5.11 Å². The number of hydrogen-bond acceptors (Lipinski definition) is 3. The molecule has 0 spiro atoms. The van der Waals surface area contributed by atoms with E-state index in [-0.39, 0.29) is 5.91 Å². The van der Waals surface area contributed by atoms with Gasteiger partial charge < -0.3 is 10.0 Å². The van der Waals surface area contributed by atoms with Gasteiger partial charge in [-0.3, -0.25) is 9.59 Å². The molecule has 2 rings (SSSR count). The summed E-state index contributed by atoms with van der Waals surface area (Å²) in [5, 5.41) is 9.06. The summed E-state index contributed by atoms with van der Waals surface area (Å²) in [6.07, 6.45) is 2.37. The van der Waals surface area contributed by atoms with Crippen molar-refractivity contribution < 1.29 is 14.7 Å². The highest BCUT2D eigenvalue weighted by Gasteiger charge is 2.29. The Bertz CT molecular complexity index is 495. The van der Waals surface area contributed by atoms with Crippen molar-refractivity contribution in [1.82, 2.24) is 4.90 Å². The SMILES string of the molecule is CCc1sc(C(=O)N2CCC[C@H](C(=O)O)C2)cc1C. The molecule has 0 saturated carbocycles. The number of amides is 1. The van der Waals surface area contributed by atoms with Crippen LogP contribution < -0.4 is 0 Å². The molecule has 104 valence electrons. The summed E-state index contributed by atoms with van der Waals surface area (Å²) >= 11 is 1.53. The van der Waals surface area contributed by atoms with Gasteiger partial charge >= 0.3 is 5.97 Å². The Hall–Kier alpha value is -1.36. The van der Waals surface area contributed by atoms with Crippen molar-refractivity contribution in [2.75, 3.05) is 13.1 Å². The van der Waals surface area contributed by atoms with E-state index in [2.05, 4.69) is 6.92 Å². The number of likely N-dealkylation sites (tertiary alicyclic amines) is 1. The number of hydrogen-bond donors (Lipinski definition) is 1. The van der Waals surface area contributed by atoms with Gasteiger partial charge in [-0.2, -0.15) is 0 Å². The minimum atomic E-state index is -0.797. The van der Waals surface area contributed by atoms with Gasteiger partial charge in [0.25, 0.3) is 5.91 Å². The Morgan fingerprint density at radius 1 is 1.53 bits per heavy atom. The average Bonchev–Trinajstić information content (AvgIpc) is 2.79. The van der Waals surface area contributed by atoms with E-state index in [1.165, 1.54) is 16.2 Å². The number of carboxylic acid groups (broad SMARTS) is 1. The first-order chi connectivity index (χ1) is 9.02. The molecule has 4 nitrogen and oxygen atoms in total. The molecule has 19 heavy (non-hydrogen) atoms. The summed E-state index contributed by atoms with van der Waals surface area (Å²) in [6.45, 7) is 5.10. The van der Waals surface area contributed by atoms with Crippen molar-refractivity contribution in [3.63, 3.8) is 0 Å². The highest BCUT2D eigenvalue weighted by atomic mass is 32.1. The largest absolute Gasteiger partial charge is 0.481 e. The first kappa shape index (κ1) is 14.1. The number of nitrogens with zero attached hydrogens (tertiary/aromatic N) is 1. The predicted molar refractivity (Wildman–Crippen MR) is 74.7 cm³/mol. The fraction of sp³-hybridized carbons (Fsp3) is 0.571. The monoisotopic (exact) mass is 281 g/mol. The van der Waals surface area contributed by atoms with E-state index in [1.54, 1.807) is 4.90 Å². The zero-order chi connectivity index (χ0) is 14.0. The zero-order valence-electron chi connectivity index (χ0n) is 11.3. The Morgan fingerprint density at radius 3 is 2.84 bits per heavy atom. The Kier molecular flexibility index (Phi) is 4.24. The molecule has 0 aromatic carbocycles. The molecule has 2 heterocycles. The average molecular weight is 281 g/mol. The van der Waals surface area contributed by atoms with E-state index in [1.807, 2.05) is 13.0 Å². The highest BCUT2D eigenvalue weighted by Crippen LogP contribution is 2.26. The number of carboxylic acids is 1. The molecular formula is C14H19NO3S. The second-order valence-electron chi connectivity index (χ2n) is 5.00. The van der Waals surface area contributed by atoms with Crippen LogP contribution in [0, 0.1) is 12.8 Å². The molecule has 1 aromatic heterocycles. The maximum absolute atomic E-state index is 12.4. The van der Waals surface area contributed by atoms with Crippen LogP contribution in [0.25, 0.3) is 0 Å². The lowest BCUT2D eigenvalue weighted by Gasteiger charge is -2.30. The van der Waals surface area contributed by atoms with E-state index >= 15 is 0 Å². The van der Waals surface area contributed by atoms with E-state index in [9.17, 15) is 9.59 Å². The summed E-state index contributed by atoms with van der Waals surface area (Å²) in [6, 6.07) is 1.93. The summed E-state index contributed by atoms with van der Waals surface area (Å²) in [4.78, 5) is 27.1. The second kappa shape index (κ2) is 5.74. The van der Waals surface area contributed by atoms with Gasteiger partial charge in [0.2, 0.25) is 0 Å². The van der Waals surface area contributed by atoms with Gasteiger partial charge in [0.15, 0.2) is 0 Å². The summed E-state index contributed by atoms with van der Waals surface area (Å²) in [5.41, 5.74) is 1.16. The fourth-order valence-corrected chi connectivity index (χ4v) is 3.58. The van der Waals surface area contributed by atoms with Gasteiger partial charge in [-0.15, -0.1) is 11.3 Å². The fourth-order valence-electron chi connectivity index (χ4n) is 2.50. The topological polar surface area (TPSA) is 57.6 Å². The van der Waals surface area contributed by atoms with Gasteiger partial charge in [0.1, 0.15) is 0 Å². The minimum Gasteiger partial charge on any atom is -0.481 e.